The summed E-state index contributed by atoms with van der Waals surface area (Å²) in [6.07, 6.45) is 4.82. The molecule has 2 heterocycles. The summed E-state index contributed by atoms with van der Waals surface area (Å²) < 4.78 is 16.5. The zero-order chi connectivity index (χ0) is 19.7. The topological polar surface area (TPSA) is 73.8 Å². The molecule has 0 aliphatic rings. The normalized spacial score (nSPS) is 11.4. The fraction of sp³-hybridized carbons (Fsp3) is 0.227. The third kappa shape index (κ3) is 3.22. The number of aryl methyl sites for hydroxylation is 1. The number of nitrogen functional groups attached to an aromatic ring is 1. The van der Waals surface area contributed by atoms with E-state index in [9.17, 15) is 9.18 Å². The molecule has 4 aromatic rings. The maximum absolute atomic E-state index is 14.9. The number of para-hydroxylation sites is 1. The first-order valence-electron chi connectivity index (χ1n) is 9.44. The number of benzene rings is 2. The lowest BCUT2D eigenvalue weighted by Gasteiger charge is -2.10. The van der Waals surface area contributed by atoms with Crippen LogP contribution < -0.4 is 11.3 Å². The molecule has 0 atom stereocenters. The Balaban J connectivity index is 1.82. The summed E-state index contributed by atoms with van der Waals surface area (Å²) in [5, 5.41) is 1.74. The van der Waals surface area contributed by atoms with Gasteiger partial charge >= 0.3 is 0 Å². The van der Waals surface area contributed by atoms with Gasteiger partial charge in [0.1, 0.15) is 11.6 Å². The molecule has 4 rings (SSSR count). The predicted molar refractivity (Wildman–Crippen MR) is 111 cm³/mol. The minimum atomic E-state index is -0.536. The van der Waals surface area contributed by atoms with Gasteiger partial charge in [-0.2, -0.15) is 0 Å². The average Bonchev–Trinajstić information content (AvgIpc) is 2.70. The number of fused-ring (bicyclic) bond motifs is 2. The van der Waals surface area contributed by atoms with Gasteiger partial charge in [0, 0.05) is 18.1 Å². The van der Waals surface area contributed by atoms with Gasteiger partial charge in [-0.15, -0.1) is 0 Å². The number of anilines is 1. The number of aromatic nitrogens is 3. The van der Waals surface area contributed by atoms with Crippen molar-refractivity contribution in [3.8, 4) is 11.4 Å². The van der Waals surface area contributed by atoms with Gasteiger partial charge in [-0.05, 0) is 42.1 Å². The van der Waals surface area contributed by atoms with Crippen LogP contribution in [0.1, 0.15) is 26.2 Å². The van der Waals surface area contributed by atoms with E-state index < -0.39 is 5.82 Å². The van der Waals surface area contributed by atoms with E-state index in [1.165, 1.54) is 6.07 Å². The summed E-state index contributed by atoms with van der Waals surface area (Å²) >= 11 is 0. The molecule has 0 fully saturated rings. The van der Waals surface area contributed by atoms with Crippen molar-refractivity contribution in [3.63, 3.8) is 0 Å². The molecule has 6 heteroatoms. The van der Waals surface area contributed by atoms with Crippen LogP contribution in [0.4, 0.5) is 10.2 Å². The Kier molecular flexibility index (Phi) is 4.77. The molecule has 0 aliphatic carbocycles. The van der Waals surface area contributed by atoms with E-state index in [1.54, 1.807) is 16.8 Å². The molecule has 0 spiro atoms. The molecular formula is C22H21FN4O. The highest BCUT2D eigenvalue weighted by atomic mass is 19.1. The molecule has 0 saturated heterocycles. The Hall–Kier alpha value is -3.28. The minimum Gasteiger partial charge on any atom is -0.383 e. The molecule has 2 N–H and O–H groups in total. The Morgan fingerprint density at radius 1 is 1.07 bits per heavy atom. The fourth-order valence-corrected chi connectivity index (χ4v) is 3.41. The van der Waals surface area contributed by atoms with Crippen LogP contribution in [0.2, 0.25) is 0 Å². The van der Waals surface area contributed by atoms with Crippen LogP contribution in [0.3, 0.4) is 0 Å². The van der Waals surface area contributed by atoms with Crippen molar-refractivity contribution < 1.29 is 4.39 Å². The van der Waals surface area contributed by atoms with Crippen molar-refractivity contribution in [2.24, 2.45) is 0 Å². The van der Waals surface area contributed by atoms with Gasteiger partial charge in [0.05, 0.1) is 16.5 Å². The van der Waals surface area contributed by atoms with Gasteiger partial charge in [0.25, 0.3) is 5.56 Å². The van der Waals surface area contributed by atoms with Crippen molar-refractivity contribution >= 4 is 27.5 Å². The largest absolute Gasteiger partial charge is 0.383 e. The van der Waals surface area contributed by atoms with Crippen molar-refractivity contribution in [2.45, 2.75) is 32.7 Å². The highest BCUT2D eigenvalue weighted by molar-refractivity contribution is 5.91. The van der Waals surface area contributed by atoms with Gasteiger partial charge in [-0.3, -0.25) is 4.79 Å². The smallest absolute Gasteiger partial charge is 0.258 e. The maximum Gasteiger partial charge on any atom is 0.258 e. The van der Waals surface area contributed by atoms with Crippen molar-refractivity contribution in [2.75, 3.05) is 5.73 Å². The van der Waals surface area contributed by atoms with E-state index in [-0.39, 0.29) is 16.9 Å². The van der Waals surface area contributed by atoms with Gasteiger partial charge in [-0.1, -0.05) is 31.9 Å². The van der Waals surface area contributed by atoms with Crippen molar-refractivity contribution in [1.29, 1.82) is 0 Å². The quantitative estimate of drug-likeness (QED) is 0.520. The van der Waals surface area contributed by atoms with Crippen LogP contribution in [0, 0.1) is 5.82 Å². The van der Waals surface area contributed by atoms with Crippen molar-refractivity contribution in [1.82, 2.24) is 14.5 Å². The summed E-state index contributed by atoms with van der Waals surface area (Å²) in [6.45, 7) is 2.75. The van der Waals surface area contributed by atoms with E-state index in [1.807, 2.05) is 30.3 Å². The second kappa shape index (κ2) is 7.38. The number of hydrogen-bond acceptors (Lipinski definition) is 4. The molecule has 0 radical (unpaired) electrons. The van der Waals surface area contributed by atoms with Crippen LogP contribution in [-0.4, -0.2) is 14.5 Å². The van der Waals surface area contributed by atoms with E-state index in [0.717, 1.165) is 24.6 Å². The Bertz CT molecular complexity index is 1230. The fourth-order valence-electron chi connectivity index (χ4n) is 3.41. The number of rotatable bonds is 5. The van der Waals surface area contributed by atoms with Crippen LogP contribution in [0.15, 0.2) is 53.5 Å². The van der Waals surface area contributed by atoms with Crippen LogP contribution in [0.25, 0.3) is 33.1 Å². The number of nitrogens with zero attached hydrogens (tertiary/aromatic N) is 3. The summed E-state index contributed by atoms with van der Waals surface area (Å²) in [4.78, 5) is 21.4. The third-order valence-electron chi connectivity index (χ3n) is 4.94. The molecule has 0 aliphatic heterocycles. The molecule has 5 nitrogen and oxygen atoms in total. The molecule has 2 aromatic heterocycles. The highest BCUT2D eigenvalue weighted by Crippen LogP contribution is 2.27. The van der Waals surface area contributed by atoms with Gasteiger partial charge in [-0.25, -0.2) is 14.4 Å². The minimum absolute atomic E-state index is 0.182. The van der Waals surface area contributed by atoms with E-state index >= 15 is 0 Å². The maximum atomic E-state index is 14.9. The standard InChI is InChI=1S/C22H21FN4O/c1-2-3-6-10-27-11-9-14-12-17(18(23)13-16(14)22(27)28)21-25-19-8-5-4-7-15(19)20(24)26-21/h4-5,7-9,11-13H,2-3,6,10H2,1H3,(H2,24,25,26). The van der Waals surface area contributed by atoms with Crippen LogP contribution in [0.5, 0.6) is 0 Å². The molecule has 0 unspecified atom stereocenters. The SMILES string of the molecule is CCCCCn1ccc2cc(-c3nc(N)c4ccccc4n3)c(F)cc2c1=O. The second-order valence-corrected chi connectivity index (χ2v) is 6.89. The molecule has 0 amide bonds. The molecule has 2 aromatic carbocycles. The lowest BCUT2D eigenvalue weighted by atomic mass is 10.1. The Labute approximate surface area is 161 Å². The third-order valence-corrected chi connectivity index (χ3v) is 4.94. The Morgan fingerprint density at radius 2 is 1.89 bits per heavy atom. The number of halogens is 1. The molecule has 142 valence electrons. The highest BCUT2D eigenvalue weighted by Gasteiger charge is 2.14. The average molecular weight is 376 g/mol. The first kappa shape index (κ1) is 18.1. The molecule has 28 heavy (non-hydrogen) atoms. The van der Waals surface area contributed by atoms with Crippen LogP contribution in [-0.2, 0) is 6.54 Å². The molecule has 0 saturated carbocycles. The first-order valence-corrected chi connectivity index (χ1v) is 9.44. The van der Waals surface area contributed by atoms with Gasteiger partial charge in [0.15, 0.2) is 5.82 Å². The Morgan fingerprint density at radius 3 is 2.71 bits per heavy atom. The molecule has 0 bridgehead atoms. The summed E-state index contributed by atoms with van der Waals surface area (Å²) in [6, 6.07) is 12.1. The van der Waals surface area contributed by atoms with Gasteiger partial charge < -0.3 is 10.3 Å². The lowest BCUT2D eigenvalue weighted by Crippen LogP contribution is -2.19. The summed E-state index contributed by atoms with van der Waals surface area (Å²) in [5.74, 6) is -0.0280. The van der Waals surface area contributed by atoms with E-state index in [4.69, 9.17) is 5.73 Å². The van der Waals surface area contributed by atoms with Crippen molar-refractivity contribution in [3.05, 3.63) is 64.8 Å². The number of nitrogens with two attached hydrogens (primary N) is 1. The number of hydrogen-bond donors (Lipinski definition) is 1. The van der Waals surface area contributed by atoms with E-state index in [0.29, 0.717) is 28.7 Å². The predicted octanol–water partition coefficient (Wildman–Crippen LogP) is 4.52. The zero-order valence-electron chi connectivity index (χ0n) is 15.7. The lowest BCUT2D eigenvalue weighted by molar-refractivity contribution is 0.590. The van der Waals surface area contributed by atoms with Gasteiger partial charge in [0.2, 0.25) is 0 Å². The summed E-state index contributed by atoms with van der Waals surface area (Å²) in [5.41, 5.74) is 6.73. The number of unbranched alkanes of at least 4 members (excludes halogenated alkanes) is 2. The number of pyridine rings is 1. The monoisotopic (exact) mass is 376 g/mol. The van der Waals surface area contributed by atoms with Crippen LogP contribution >= 0.6 is 0 Å². The molecular weight excluding hydrogens is 355 g/mol. The second-order valence-electron chi connectivity index (χ2n) is 6.89. The zero-order valence-corrected chi connectivity index (χ0v) is 15.7. The summed E-state index contributed by atoms with van der Waals surface area (Å²) in [7, 11) is 0. The first-order chi connectivity index (χ1) is 13.6. The van der Waals surface area contributed by atoms with E-state index in [2.05, 4.69) is 16.9 Å².